The predicted molar refractivity (Wildman–Crippen MR) is 113 cm³/mol. The lowest BCUT2D eigenvalue weighted by Crippen LogP contribution is -2.43. The SMILES string of the molecule is Cl.c1ccc(-c2nn(-c3ccccc3)[n+](-c3cccc4ccccc34)n2)cc1. The first kappa shape index (κ1) is 17.9. The van der Waals surface area contributed by atoms with Crippen LogP contribution in [0.25, 0.3) is 33.5 Å². The largest absolute Gasteiger partial charge is 0.340 e. The molecular weight excluding hydrogens is 368 g/mol. The monoisotopic (exact) mass is 385 g/mol. The van der Waals surface area contributed by atoms with Gasteiger partial charge in [-0.2, -0.15) is 0 Å². The Morgan fingerprint density at radius 2 is 1.29 bits per heavy atom. The van der Waals surface area contributed by atoms with Gasteiger partial charge in [-0.05, 0) is 51.7 Å². The lowest BCUT2D eigenvalue weighted by Gasteiger charge is -2.03. The van der Waals surface area contributed by atoms with Gasteiger partial charge in [0.05, 0.1) is 10.7 Å². The average Bonchev–Trinajstić information content (AvgIpc) is 3.20. The van der Waals surface area contributed by atoms with E-state index in [9.17, 15) is 0 Å². The number of rotatable bonds is 3. The van der Waals surface area contributed by atoms with E-state index >= 15 is 0 Å². The summed E-state index contributed by atoms with van der Waals surface area (Å²) in [5.41, 5.74) is 2.94. The van der Waals surface area contributed by atoms with E-state index < -0.39 is 0 Å². The van der Waals surface area contributed by atoms with Crippen LogP contribution in [0.5, 0.6) is 0 Å². The standard InChI is InChI=1S/C23H17N4.ClH/c1-3-11-19(12-4-1)23-24-26(20-14-5-2-6-15-20)27(25-23)22-17-9-13-18-10-7-8-16-21(18)22;/h1-17H;1H/q+1;. The van der Waals surface area contributed by atoms with E-state index in [0.717, 1.165) is 22.3 Å². The van der Waals surface area contributed by atoms with Gasteiger partial charge < -0.3 is 0 Å². The number of aromatic nitrogens is 4. The Labute approximate surface area is 169 Å². The van der Waals surface area contributed by atoms with Crippen molar-refractivity contribution in [3.05, 3.63) is 103 Å². The molecule has 0 bridgehead atoms. The molecule has 0 saturated carbocycles. The van der Waals surface area contributed by atoms with E-state index in [1.54, 1.807) is 0 Å². The van der Waals surface area contributed by atoms with E-state index in [1.807, 2.05) is 82.4 Å². The molecule has 5 aromatic rings. The number of fused-ring (bicyclic) bond motifs is 1. The summed E-state index contributed by atoms with van der Waals surface area (Å²) in [6, 6.07) is 34.7. The third kappa shape index (κ3) is 3.15. The van der Waals surface area contributed by atoms with Crippen LogP contribution < -0.4 is 4.80 Å². The molecule has 0 spiro atoms. The second-order valence-electron chi connectivity index (χ2n) is 6.30. The quantitative estimate of drug-likeness (QED) is 0.419. The van der Waals surface area contributed by atoms with Gasteiger partial charge in [0, 0.05) is 10.2 Å². The molecule has 4 aromatic carbocycles. The van der Waals surface area contributed by atoms with Gasteiger partial charge in [0.1, 0.15) is 5.69 Å². The topological polar surface area (TPSA) is 34.6 Å². The third-order valence-corrected chi connectivity index (χ3v) is 4.56. The Balaban J connectivity index is 0.00000192. The zero-order valence-electron chi connectivity index (χ0n) is 15.0. The third-order valence-electron chi connectivity index (χ3n) is 4.56. The maximum absolute atomic E-state index is 4.85. The number of hydrogen-bond acceptors (Lipinski definition) is 2. The Hall–Kier alpha value is -3.50. The summed E-state index contributed by atoms with van der Waals surface area (Å²) in [5.74, 6) is 0.687. The lowest BCUT2D eigenvalue weighted by atomic mass is 10.1. The molecule has 4 nitrogen and oxygen atoms in total. The van der Waals surface area contributed by atoms with Gasteiger partial charge in [-0.3, -0.25) is 0 Å². The van der Waals surface area contributed by atoms with Crippen LogP contribution in [0.2, 0.25) is 0 Å². The summed E-state index contributed by atoms with van der Waals surface area (Å²) in [7, 11) is 0. The summed E-state index contributed by atoms with van der Waals surface area (Å²) < 4.78 is 0. The van der Waals surface area contributed by atoms with Crippen molar-refractivity contribution >= 4 is 23.2 Å². The number of nitrogens with zero attached hydrogens (tertiary/aromatic N) is 4. The normalized spacial score (nSPS) is 10.6. The Bertz CT molecular complexity index is 1210. The number of tetrazole rings is 1. The maximum atomic E-state index is 4.85. The van der Waals surface area contributed by atoms with Gasteiger partial charge in [0.25, 0.3) is 0 Å². The number of para-hydroxylation sites is 1. The number of hydrogen-bond donors (Lipinski definition) is 0. The van der Waals surface area contributed by atoms with Crippen LogP contribution in [0, 0.1) is 0 Å². The van der Waals surface area contributed by atoms with Crippen molar-refractivity contribution in [1.29, 1.82) is 0 Å². The van der Waals surface area contributed by atoms with Crippen LogP contribution in [0.4, 0.5) is 0 Å². The fourth-order valence-electron chi connectivity index (χ4n) is 3.25. The summed E-state index contributed by atoms with van der Waals surface area (Å²) in [5, 5.41) is 12.0. The fourth-order valence-corrected chi connectivity index (χ4v) is 3.25. The van der Waals surface area contributed by atoms with E-state index in [4.69, 9.17) is 10.2 Å². The lowest BCUT2D eigenvalue weighted by molar-refractivity contribution is -0.733. The van der Waals surface area contributed by atoms with Crippen molar-refractivity contribution in [3.63, 3.8) is 0 Å². The molecular formula is C23H18ClN4+. The van der Waals surface area contributed by atoms with Gasteiger partial charge in [-0.15, -0.1) is 12.4 Å². The zero-order valence-corrected chi connectivity index (χ0v) is 15.8. The van der Waals surface area contributed by atoms with E-state index in [2.05, 4.69) is 30.3 Å². The van der Waals surface area contributed by atoms with E-state index in [-0.39, 0.29) is 12.4 Å². The summed E-state index contributed by atoms with van der Waals surface area (Å²) in [6.07, 6.45) is 0. The van der Waals surface area contributed by atoms with Crippen LogP contribution >= 0.6 is 12.4 Å². The summed E-state index contributed by atoms with van der Waals surface area (Å²) in [4.78, 5) is 3.73. The van der Waals surface area contributed by atoms with Gasteiger partial charge >= 0.3 is 5.82 Å². The second kappa shape index (κ2) is 7.62. The number of halogens is 1. The highest BCUT2D eigenvalue weighted by Crippen LogP contribution is 2.20. The second-order valence-corrected chi connectivity index (χ2v) is 6.30. The molecule has 5 heteroatoms. The van der Waals surface area contributed by atoms with Crippen molar-refractivity contribution in [2.24, 2.45) is 0 Å². The highest BCUT2D eigenvalue weighted by molar-refractivity contribution is 5.88. The molecule has 1 heterocycles. The Morgan fingerprint density at radius 3 is 2.07 bits per heavy atom. The maximum Gasteiger partial charge on any atom is 0.340 e. The van der Waals surface area contributed by atoms with Crippen molar-refractivity contribution in [2.75, 3.05) is 0 Å². The van der Waals surface area contributed by atoms with Gasteiger partial charge in [-0.25, -0.2) is 0 Å². The minimum Gasteiger partial charge on any atom is -0.147 e. The minimum absolute atomic E-state index is 0. The average molecular weight is 386 g/mol. The molecule has 0 aliphatic heterocycles. The molecule has 0 fully saturated rings. The first-order valence-corrected chi connectivity index (χ1v) is 8.89. The first-order chi connectivity index (χ1) is 13.4. The first-order valence-electron chi connectivity index (χ1n) is 8.89. The summed E-state index contributed by atoms with van der Waals surface area (Å²) >= 11 is 0. The van der Waals surface area contributed by atoms with Crippen molar-refractivity contribution in [2.45, 2.75) is 0 Å². The highest BCUT2D eigenvalue weighted by Gasteiger charge is 2.24. The zero-order chi connectivity index (χ0) is 18.1. The molecule has 0 N–H and O–H groups in total. The van der Waals surface area contributed by atoms with Crippen LogP contribution in [0.15, 0.2) is 103 Å². The fraction of sp³-hybridized carbons (Fsp3) is 0. The van der Waals surface area contributed by atoms with Gasteiger partial charge in [0.2, 0.25) is 0 Å². The Morgan fingerprint density at radius 1 is 0.643 bits per heavy atom. The van der Waals surface area contributed by atoms with Crippen LogP contribution in [0.3, 0.4) is 0 Å². The Kier molecular flexibility index (Phi) is 4.87. The van der Waals surface area contributed by atoms with Crippen molar-refractivity contribution in [1.82, 2.24) is 15.0 Å². The van der Waals surface area contributed by atoms with E-state index in [1.165, 1.54) is 5.39 Å². The molecule has 5 rings (SSSR count). The number of benzene rings is 4. The molecule has 0 aliphatic carbocycles. The highest BCUT2D eigenvalue weighted by atomic mass is 35.5. The molecule has 136 valence electrons. The van der Waals surface area contributed by atoms with Gasteiger partial charge in [0.15, 0.2) is 5.69 Å². The molecule has 0 radical (unpaired) electrons. The molecule has 0 atom stereocenters. The van der Waals surface area contributed by atoms with Crippen molar-refractivity contribution < 1.29 is 4.80 Å². The van der Waals surface area contributed by atoms with Gasteiger partial charge in [-0.1, -0.05) is 66.7 Å². The van der Waals surface area contributed by atoms with E-state index in [0.29, 0.717) is 5.82 Å². The molecule has 0 unspecified atom stereocenters. The smallest absolute Gasteiger partial charge is 0.147 e. The van der Waals surface area contributed by atoms with Crippen LogP contribution in [-0.2, 0) is 0 Å². The van der Waals surface area contributed by atoms with Crippen LogP contribution in [-0.4, -0.2) is 15.0 Å². The molecule has 1 aromatic heterocycles. The molecule has 0 saturated heterocycles. The molecule has 0 aliphatic rings. The molecule has 28 heavy (non-hydrogen) atoms. The van der Waals surface area contributed by atoms with Crippen molar-refractivity contribution in [3.8, 4) is 22.8 Å². The summed E-state index contributed by atoms with van der Waals surface area (Å²) in [6.45, 7) is 0. The minimum atomic E-state index is 0. The molecule has 0 amide bonds. The van der Waals surface area contributed by atoms with Crippen LogP contribution in [0.1, 0.15) is 0 Å². The predicted octanol–water partition coefficient (Wildman–Crippen LogP) is 4.79.